The van der Waals surface area contributed by atoms with E-state index in [1.165, 1.54) is 25.7 Å². The fourth-order valence-electron chi connectivity index (χ4n) is 2.55. The fraction of sp³-hybridized carbons (Fsp3) is 0.733. The molecule has 1 fully saturated rings. The number of thioether (sulfide) groups is 1. The van der Waals surface area contributed by atoms with Crippen molar-refractivity contribution in [3.8, 4) is 0 Å². The first-order chi connectivity index (χ1) is 8.97. The molecule has 3 nitrogen and oxygen atoms in total. The first-order valence-corrected chi connectivity index (χ1v) is 8.16. The molecule has 1 aliphatic rings. The third kappa shape index (κ3) is 3.62. The van der Waals surface area contributed by atoms with Gasteiger partial charge in [0.2, 0.25) is 0 Å². The average molecular weight is 279 g/mol. The summed E-state index contributed by atoms with van der Waals surface area (Å²) < 4.78 is 0. The zero-order chi connectivity index (χ0) is 14.0. The maximum atomic E-state index is 6.03. The van der Waals surface area contributed by atoms with Crippen LogP contribution in [0.3, 0.4) is 0 Å². The summed E-state index contributed by atoms with van der Waals surface area (Å²) in [5, 5.41) is 1.78. The molecule has 1 heterocycles. The van der Waals surface area contributed by atoms with Crippen LogP contribution in [0.2, 0.25) is 0 Å². The van der Waals surface area contributed by atoms with Gasteiger partial charge in [0.1, 0.15) is 16.7 Å². The number of anilines is 1. The predicted molar refractivity (Wildman–Crippen MR) is 82.5 cm³/mol. The van der Waals surface area contributed by atoms with Crippen molar-refractivity contribution in [3.05, 3.63) is 11.4 Å². The van der Waals surface area contributed by atoms with Crippen LogP contribution in [-0.2, 0) is 0 Å². The molecule has 2 atom stereocenters. The Morgan fingerprint density at radius 1 is 1.26 bits per heavy atom. The van der Waals surface area contributed by atoms with Gasteiger partial charge in [0, 0.05) is 16.7 Å². The van der Waals surface area contributed by atoms with Crippen molar-refractivity contribution in [2.45, 2.75) is 69.6 Å². The van der Waals surface area contributed by atoms with Crippen LogP contribution in [0, 0.1) is 12.8 Å². The summed E-state index contributed by atoms with van der Waals surface area (Å²) >= 11 is 1.91. The number of hydrogen-bond acceptors (Lipinski definition) is 4. The second-order valence-corrected chi connectivity index (χ2v) is 7.35. The molecule has 0 saturated heterocycles. The molecule has 0 radical (unpaired) electrons. The van der Waals surface area contributed by atoms with Gasteiger partial charge in [-0.05, 0) is 25.7 Å². The van der Waals surface area contributed by atoms with Gasteiger partial charge < -0.3 is 5.73 Å². The van der Waals surface area contributed by atoms with Crippen LogP contribution in [0.25, 0.3) is 0 Å². The van der Waals surface area contributed by atoms with Crippen molar-refractivity contribution < 1.29 is 0 Å². The molecule has 4 heteroatoms. The average Bonchev–Trinajstić information content (AvgIpc) is 2.34. The van der Waals surface area contributed by atoms with Crippen LogP contribution in [0.15, 0.2) is 5.03 Å². The van der Waals surface area contributed by atoms with Crippen LogP contribution >= 0.6 is 11.8 Å². The van der Waals surface area contributed by atoms with Crippen LogP contribution in [0.5, 0.6) is 0 Å². The maximum absolute atomic E-state index is 6.03. The van der Waals surface area contributed by atoms with E-state index in [4.69, 9.17) is 10.7 Å². The topological polar surface area (TPSA) is 51.8 Å². The standard InChI is InChI=1S/C15H25N3S/c1-9(2)14-17-13(16)11(4)15(18-14)19-12-7-5-6-10(3)8-12/h9-10,12H,5-8H2,1-4H3,(H2,16,17,18). The normalized spacial score (nSPS) is 23.8. The van der Waals surface area contributed by atoms with E-state index in [1.807, 2.05) is 18.7 Å². The summed E-state index contributed by atoms with van der Waals surface area (Å²) in [4.78, 5) is 9.12. The predicted octanol–water partition coefficient (Wildman–Crippen LogP) is 4.16. The Kier molecular flexibility index (Phi) is 4.71. The van der Waals surface area contributed by atoms with Crippen molar-refractivity contribution in [2.75, 3.05) is 5.73 Å². The van der Waals surface area contributed by atoms with E-state index in [9.17, 15) is 0 Å². The van der Waals surface area contributed by atoms with E-state index in [-0.39, 0.29) is 0 Å². The van der Waals surface area contributed by atoms with E-state index >= 15 is 0 Å². The number of aromatic nitrogens is 2. The summed E-state index contributed by atoms with van der Waals surface area (Å²) in [5.74, 6) is 2.68. The van der Waals surface area contributed by atoms with Gasteiger partial charge in [-0.3, -0.25) is 0 Å². The highest BCUT2D eigenvalue weighted by atomic mass is 32.2. The molecule has 1 aliphatic carbocycles. The number of hydrogen-bond donors (Lipinski definition) is 1. The fourth-order valence-corrected chi connectivity index (χ4v) is 4.00. The van der Waals surface area contributed by atoms with E-state index in [2.05, 4.69) is 25.8 Å². The van der Waals surface area contributed by atoms with Gasteiger partial charge in [-0.15, -0.1) is 11.8 Å². The molecule has 0 spiro atoms. The first kappa shape index (κ1) is 14.6. The summed E-state index contributed by atoms with van der Waals surface area (Å²) in [6.45, 7) is 8.62. The Bertz CT molecular complexity index is 445. The third-order valence-corrected chi connectivity index (χ3v) is 5.22. The lowest BCUT2D eigenvalue weighted by molar-refractivity contribution is 0.394. The Morgan fingerprint density at radius 3 is 2.63 bits per heavy atom. The summed E-state index contributed by atoms with van der Waals surface area (Å²) in [7, 11) is 0. The van der Waals surface area contributed by atoms with Gasteiger partial charge >= 0.3 is 0 Å². The Hall–Kier alpha value is -0.770. The molecule has 1 saturated carbocycles. The number of nitrogens with zero attached hydrogens (tertiary/aromatic N) is 2. The highest BCUT2D eigenvalue weighted by Gasteiger charge is 2.22. The largest absolute Gasteiger partial charge is 0.383 e. The lowest BCUT2D eigenvalue weighted by atomic mass is 9.91. The van der Waals surface area contributed by atoms with Crippen molar-refractivity contribution in [2.24, 2.45) is 5.92 Å². The minimum absolute atomic E-state index is 0.326. The van der Waals surface area contributed by atoms with E-state index in [1.54, 1.807) is 0 Å². The maximum Gasteiger partial charge on any atom is 0.134 e. The molecule has 19 heavy (non-hydrogen) atoms. The molecule has 2 unspecified atom stereocenters. The van der Waals surface area contributed by atoms with Gasteiger partial charge in [0.25, 0.3) is 0 Å². The van der Waals surface area contributed by atoms with Gasteiger partial charge in [0.15, 0.2) is 0 Å². The zero-order valence-corrected chi connectivity index (χ0v) is 13.3. The molecule has 0 bridgehead atoms. The van der Waals surface area contributed by atoms with E-state index in [0.29, 0.717) is 17.0 Å². The summed E-state index contributed by atoms with van der Waals surface area (Å²) in [6.07, 6.45) is 5.31. The SMILES string of the molecule is Cc1c(N)nc(C(C)C)nc1SC1CCCC(C)C1. The number of rotatable bonds is 3. The third-order valence-electron chi connectivity index (χ3n) is 3.84. The van der Waals surface area contributed by atoms with Crippen LogP contribution < -0.4 is 5.73 Å². The lowest BCUT2D eigenvalue weighted by Crippen LogP contribution is -2.16. The Labute approximate surface area is 120 Å². The van der Waals surface area contributed by atoms with Crippen LogP contribution in [0.1, 0.15) is 63.8 Å². The molecule has 106 valence electrons. The first-order valence-electron chi connectivity index (χ1n) is 7.28. The molecule has 1 aromatic rings. The molecular weight excluding hydrogens is 254 g/mol. The number of nitrogen functional groups attached to an aromatic ring is 1. The molecule has 2 N–H and O–H groups in total. The van der Waals surface area contributed by atoms with Crippen molar-refractivity contribution in [1.29, 1.82) is 0 Å². The van der Waals surface area contributed by atoms with Gasteiger partial charge in [0.05, 0.1) is 0 Å². The molecule has 2 rings (SSSR count). The van der Waals surface area contributed by atoms with Gasteiger partial charge in [-0.1, -0.05) is 33.6 Å². The van der Waals surface area contributed by atoms with Crippen molar-refractivity contribution in [3.63, 3.8) is 0 Å². The quantitative estimate of drug-likeness (QED) is 0.844. The van der Waals surface area contributed by atoms with Crippen LogP contribution in [-0.4, -0.2) is 15.2 Å². The number of nitrogens with two attached hydrogens (primary N) is 1. The second-order valence-electron chi connectivity index (χ2n) is 6.06. The summed E-state index contributed by atoms with van der Waals surface area (Å²) in [5.41, 5.74) is 7.08. The molecule has 0 aliphatic heterocycles. The smallest absolute Gasteiger partial charge is 0.134 e. The highest BCUT2D eigenvalue weighted by Crippen LogP contribution is 2.37. The monoisotopic (exact) mass is 279 g/mol. The molecule has 0 aromatic carbocycles. The van der Waals surface area contributed by atoms with Gasteiger partial charge in [-0.25, -0.2) is 9.97 Å². The van der Waals surface area contributed by atoms with Crippen LogP contribution in [0.4, 0.5) is 5.82 Å². The highest BCUT2D eigenvalue weighted by molar-refractivity contribution is 7.99. The van der Waals surface area contributed by atoms with E-state index in [0.717, 1.165) is 22.3 Å². The van der Waals surface area contributed by atoms with Crippen molar-refractivity contribution >= 4 is 17.6 Å². The Morgan fingerprint density at radius 2 is 2.00 bits per heavy atom. The molecular formula is C15H25N3S. The molecule has 0 amide bonds. The molecule has 1 aromatic heterocycles. The van der Waals surface area contributed by atoms with Gasteiger partial charge in [-0.2, -0.15) is 0 Å². The van der Waals surface area contributed by atoms with E-state index < -0.39 is 0 Å². The zero-order valence-electron chi connectivity index (χ0n) is 12.4. The second kappa shape index (κ2) is 6.12. The van der Waals surface area contributed by atoms with Crippen molar-refractivity contribution in [1.82, 2.24) is 9.97 Å². The minimum Gasteiger partial charge on any atom is -0.383 e. The minimum atomic E-state index is 0.326. The summed E-state index contributed by atoms with van der Waals surface area (Å²) in [6, 6.07) is 0. The Balaban J connectivity index is 2.19. The lowest BCUT2D eigenvalue weighted by Gasteiger charge is -2.26.